The van der Waals surface area contributed by atoms with Crippen molar-refractivity contribution in [1.29, 1.82) is 0 Å². The zero-order valence-corrected chi connectivity index (χ0v) is 15.3. The highest BCUT2D eigenvalue weighted by atomic mass is 19.4. The van der Waals surface area contributed by atoms with Gasteiger partial charge in [-0.1, -0.05) is 33.8 Å². The van der Waals surface area contributed by atoms with Crippen molar-refractivity contribution in [3.05, 3.63) is 52.6 Å². The van der Waals surface area contributed by atoms with Crippen LogP contribution in [0, 0.1) is 0 Å². The average molecular weight is 390 g/mol. The molecule has 0 saturated heterocycles. The highest BCUT2D eigenvalue weighted by Crippen LogP contribution is 2.44. The van der Waals surface area contributed by atoms with Gasteiger partial charge < -0.3 is 5.11 Å². The Morgan fingerprint density at radius 3 is 1.59 bits per heavy atom. The fourth-order valence-electron chi connectivity index (χ4n) is 2.92. The van der Waals surface area contributed by atoms with Gasteiger partial charge in [-0.15, -0.1) is 0 Å². The van der Waals surface area contributed by atoms with Crippen molar-refractivity contribution in [2.24, 2.45) is 0 Å². The number of aromatic hydroxyl groups is 1. The quantitative estimate of drug-likeness (QED) is 0.544. The maximum Gasteiger partial charge on any atom is 0.417 e. The van der Waals surface area contributed by atoms with Crippen molar-refractivity contribution >= 4 is 0 Å². The number of rotatable bonds is 3. The summed E-state index contributed by atoms with van der Waals surface area (Å²) in [5.74, 6) is -0.346. The average Bonchev–Trinajstić information content (AvgIpc) is 2.52. The molecule has 0 fully saturated rings. The van der Waals surface area contributed by atoms with Crippen LogP contribution >= 0.6 is 0 Å². The first-order valence-electron chi connectivity index (χ1n) is 8.39. The minimum absolute atomic E-state index is 0.00391. The van der Waals surface area contributed by atoms with Crippen molar-refractivity contribution in [3.8, 4) is 16.9 Å². The Labute approximate surface area is 153 Å². The molecule has 0 aliphatic heterocycles. The van der Waals surface area contributed by atoms with Gasteiger partial charge in [0.2, 0.25) is 0 Å². The number of phenols is 1. The van der Waals surface area contributed by atoms with E-state index in [0.717, 1.165) is 6.07 Å². The molecule has 0 bridgehead atoms. The van der Waals surface area contributed by atoms with Gasteiger partial charge in [0, 0.05) is 0 Å². The number of benzene rings is 2. The number of hydrogen-bond donors (Lipinski definition) is 1. The van der Waals surface area contributed by atoms with Gasteiger partial charge in [-0.3, -0.25) is 0 Å². The number of hydrogen-bond acceptors (Lipinski definition) is 1. The van der Waals surface area contributed by atoms with E-state index < -0.39 is 23.5 Å². The second-order valence-electron chi connectivity index (χ2n) is 7.07. The van der Waals surface area contributed by atoms with Gasteiger partial charge in [-0.05, 0) is 58.4 Å². The summed E-state index contributed by atoms with van der Waals surface area (Å²) in [6.07, 6.45) is -9.83. The highest BCUT2D eigenvalue weighted by molar-refractivity contribution is 5.72. The Kier molecular flexibility index (Phi) is 5.55. The molecule has 0 aliphatic rings. The van der Waals surface area contributed by atoms with Crippen LogP contribution < -0.4 is 0 Å². The lowest BCUT2D eigenvalue weighted by molar-refractivity contribution is -0.142. The zero-order valence-electron chi connectivity index (χ0n) is 15.3. The van der Waals surface area contributed by atoms with E-state index in [0.29, 0.717) is 17.2 Å². The van der Waals surface area contributed by atoms with E-state index in [9.17, 15) is 31.4 Å². The van der Waals surface area contributed by atoms with Crippen molar-refractivity contribution in [3.63, 3.8) is 0 Å². The van der Waals surface area contributed by atoms with Crippen molar-refractivity contribution in [2.75, 3.05) is 0 Å². The van der Waals surface area contributed by atoms with Crippen LogP contribution in [0.1, 0.15) is 61.8 Å². The van der Waals surface area contributed by atoms with Gasteiger partial charge in [0.05, 0.1) is 11.1 Å². The molecule has 1 nitrogen and oxygen atoms in total. The topological polar surface area (TPSA) is 20.2 Å². The number of halogens is 6. The van der Waals surface area contributed by atoms with E-state index in [-0.39, 0.29) is 34.8 Å². The second kappa shape index (κ2) is 7.09. The summed E-state index contributed by atoms with van der Waals surface area (Å²) in [5, 5.41) is 10.4. The molecule has 2 aromatic rings. The molecule has 1 N–H and O–H groups in total. The Balaban J connectivity index is 2.81. The van der Waals surface area contributed by atoms with Gasteiger partial charge in [0.25, 0.3) is 0 Å². The van der Waals surface area contributed by atoms with Crippen LogP contribution in [-0.2, 0) is 12.4 Å². The summed E-state index contributed by atoms with van der Waals surface area (Å²) in [6, 6.07) is 4.42. The van der Waals surface area contributed by atoms with E-state index in [1.807, 2.05) is 0 Å². The smallest absolute Gasteiger partial charge is 0.417 e. The molecule has 0 radical (unpaired) electrons. The van der Waals surface area contributed by atoms with Crippen molar-refractivity contribution < 1.29 is 31.4 Å². The predicted molar refractivity (Wildman–Crippen MR) is 91.7 cm³/mol. The summed E-state index contributed by atoms with van der Waals surface area (Å²) in [5.41, 5.74) is -2.04. The van der Waals surface area contributed by atoms with Gasteiger partial charge in [0.15, 0.2) is 0 Å². The molecular weight excluding hydrogens is 370 g/mol. The van der Waals surface area contributed by atoms with Crippen LogP contribution in [0.4, 0.5) is 26.3 Å². The first-order chi connectivity index (χ1) is 12.2. The minimum Gasteiger partial charge on any atom is -0.507 e. The highest BCUT2D eigenvalue weighted by Gasteiger charge is 2.38. The number of phenolic OH excluding ortho intramolecular Hbond substituents is 1. The largest absolute Gasteiger partial charge is 0.507 e. The molecule has 148 valence electrons. The third-order valence-corrected chi connectivity index (χ3v) is 4.38. The van der Waals surface area contributed by atoms with Gasteiger partial charge >= 0.3 is 12.4 Å². The van der Waals surface area contributed by atoms with E-state index in [4.69, 9.17) is 0 Å². The molecule has 0 unspecified atom stereocenters. The third-order valence-electron chi connectivity index (χ3n) is 4.38. The van der Waals surface area contributed by atoms with Crippen LogP contribution in [-0.4, -0.2) is 5.11 Å². The molecular formula is C20H20F6O. The summed E-state index contributed by atoms with van der Waals surface area (Å²) in [4.78, 5) is 0. The molecule has 0 aromatic heterocycles. The molecule has 0 saturated carbocycles. The molecule has 0 amide bonds. The van der Waals surface area contributed by atoms with E-state index in [1.54, 1.807) is 27.7 Å². The Morgan fingerprint density at radius 2 is 1.22 bits per heavy atom. The number of alkyl halides is 6. The van der Waals surface area contributed by atoms with Gasteiger partial charge in [-0.2, -0.15) is 26.3 Å². The maximum atomic E-state index is 13.5. The predicted octanol–water partition coefficient (Wildman–Crippen LogP) is 7.34. The fraction of sp³-hybridized carbons (Fsp3) is 0.400. The van der Waals surface area contributed by atoms with E-state index in [1.165, 1.54) is 12.1 Å². The van der Waals surface area contributed by atoms with Crippen LogP contribution in [0.15, 0.2) is 30.3 Å². The van der Waals surface area contributed by atoms with Crippen molar-refractivity contribution in [1.82, 2.24) is 0 Å². The monoisotopic (exact) mass is 390 g/mol. The lowest BCUT2D eigenvalue weighted by atomic mass is 9.88. The molecule has 2 rings (SSSR count). The summed E-state index contributed by atoms with van der Waals surface area (Å²) < 4.78 is 79.1. The van der Waals surface area contributed by atoms with Gasteiger partial charge in [0.1, 0.15) is 5.75 Å². The SMILES string of the molecule is CC(C)c1cc(-c2ccc(C(F)(F)F)cc2C(F)(F)F)cc(C(C)C)c1O. The minimum atomic E-state index is -4.95. The first kappa shape index (κ1) is 21.1. The lowest BCUT2D eigenvalue weighted by Gasteiger charge is -2.20. The van der Waals surface area contributed by atoms with E-state index in [2.05, 4.69) is 0 Å². The molecule has 0 aliphatic carbocycles. The van der Waals surface area contributed by atoms with Crippen LogP contribution in [0.5, 0.6) is 5.75 Å². The van der Waals surface area contributed by atoms with Crippen molar-refractivity contribution in [2.45, 2.75) is 51.9 Å². The van der Waals surface area contributed by atoms with Crippen LogP contribution in [0.2, 0.25) is 0 Å². The maximum absolute atomic E-state index is 13.5. The first-order valence-corrected chi connectivity index (χ1v) is 8.39. The Hall–Kier alpha value is -2.18. The molecule has 0 heterocycles. The summed E-state index contributed by atoms with van der Waals surface area (Å²) >= 11 is 0. The lowest BCUT2D eigenvalue weighted by Crippen LogP contribution is -2.12. The van der Waals surface area contributed by atoms with Gasteiger partial charge in [-0.25, -0.2) is 0 Å². The normalized spacial score (nSPS) is 12.9. The third kappa shape index (κ3) is 4.39. The Morgan fingerprint density at radius 1 is 0.741 bits per heavy atom. The molecule has 7 heteroatoms. The van der Waals surface area contributed by atoms with Crippen LogP contribution in [0.3, 0.4) is 0 Å². The second-order valence-corrected chi connectivity index (χ2v) is 7.07. The van der Waals surface area contributed by atoms with E-state index >= 15 is 0 Å². The zero-order chi connectivity index (χ0) is 20.7. The molecule has 27 heavy (non-hydrogen) atoms. The Bertz CT molecular complexity index is 802. The summed E-state index contributed by atoms with van der Waals surface area (Å²) in [6.45, 7) is 7.11. The van der Waals surface area contributed by atoms with Crippen LogP contribution in [0.25, 0.3) is 11.1 Å². The molecule has 2 aromatic carbocycles. The molecule has 0 spiro atoms. The standard InChI is InChI=1S/C20H20F6O/c1-10(2)15-7-12(8-16(11(3)4)18(15)27)14-6-5-13(19(21,22)23)9-17(14)20(24,25)26/h5-11,27H,1-4H3. The molecule has 0 atom stereocenters. The fourth-order valence-corrected chi connectivity index (χ4v) is 2.92. The summed E-state index contributed by atoms with van der Waals surface area (Å²) in [7, 11) is 0.